The fraction of sp³-hybridized carbons (Fsp3) is 0.355. The van der Waals surface area contributed by atoms with Crippen LogP contribution < -0.4 is 15.5 Å². The Hall–Kier alpha value is -3.80. The van der Waals surface area contributed by atoms with Gasteiger partial charge in [-0.25, -0.2) is 4.79 Å². The van der Waals surface area contributed by atoms with E-state index in [1.54, 1.807) is 19.1 Å². The average Bonchev–Trinajstić information content (AvgIpc) is 2.88. The van der Waals surface area contributed by atoms with Crippen LogP contribution in [-0.2, 0) is 9.53 Å². The Labute approximate surface area is 220 Å². The lowest BCUT2D eigenvalue weighted by molar-refractivity contribution is -0.117. The largest absolute Gasteiger partial charge is 0.465 e. The van der Waals surface area contributed by atoms with Crippen molar-refractivity contribution in [2.24, 2.45) is 5.92 Å². The van der Waals surface area contributed by atoms with Crippen molar-refractivity contribution >= 4 is 28.9 Å². The Balaban J connectivity index is 1.65. The van der Waals surface area contributed by atoms with Crippen LogP contribution in [0.1, 0.15) is 62.5 Å². The van der Waals surface area contributed by atoms with Crippen molar-refractivity contribution < 1.29 is 14.3 Å². The van der Waals surface area contributed by atoms with Crippen molar-refractivity contribution in [1.29, 1.82) is 0 Å². The van der Waals surface area contributed by atoms with E-state index in [4.69, 9.17) is 4.74 Å². The summed E-state index contributed by atoms with van der Waals surface area (Å²) in [6.07, 6.45) is 1.89. The standard InChI is InChI=1S/C31H37N3O3/c1-20(2)15-16-32-27-8-6-7-24(18-27)25-11-14-30-28(19-25)29(17-21(3)34(30)22(4)35)33-26-12-9-23(10-13-26)31(36)37-5/h6-14,18-21,29,32-33H,15-17H2,1-5H3/t21-,29+/m0/s1. The highest BCUT2D eigenvalue weighted by atomic mass is 16.5. The molecule has 2 N–H and O–H groups in total. The number of ether oxygens (including phenoxy) is 1. The van der Waals surface area contributed by atoms with Crippen LogP contribution in [0.4, 0.5) is 17.1 Å². The molecule has 0 saturated heterocycles. The van der Waals surface area contributed by atoms with E-state index in [9.17, 15) is 9.59 Å². The molecule has 1 aliphatic rings. The summed E-state index contributed by atoms with van der Waals surface area (Å²) in [7, 11) is 1.38. The summed E-state index contributed by atoms with van der Waals surface area (Å²) in [6.45, 7) is 9.11. The van der Waals surface area contributed by atoms with Gasteiger partial charge in [0.05, 0.1) is 18.7 Å². The van der Waals surface area contributed by atoms with Gasteiger partial charge in [0.25, 0.3) is 0 Å². The number of fused-ring (bicyclic) bond motifs is 1. The third kappa shape index (κ3) is 6.13. The van der Waals surface area contributed by atoms with E-state index >= 15 is 0 Å². The molecule has 0 radical (unpaired) electrons. The number of nitrogens with zero attached hydrogens (tertiary/aromatic N) is 1. The predicted octanol–water partition coefficient (Wildman–Crippen LogP) is 6.90. The van der Waals surface area contributed by atoms with E-state index in [0.717, 1.165) is 53.1 Å². The molecule has 6 heteroatoms. The highest BCUT2D eigenvalue weighted by Gasteiger charge is 2.32. The molecule has 0 fully saturated rings. The Kier molecular flexibility index (Phi) is 8.17. The predicted molar refractivity (Wildman–Crippen MR) is 151 cm³/mol. The minimum atomic E-state index is -0.356. The van der Waals surface area contributed by atoms with E-state index in [2.05, 4.69) is 73.9 Å². The van der Waals surface area contributed by atoms with E-state index in [-0.39, 0.29) is 24.0 Å². The minimum absolute atomic E-state index is 0.0110. The number of esters is 1. The van der Waals surface area contributed by atoms with E-state index in [1.165, 1.54) is 7.11 Å². The van der Waals surface area contributed by atoms with Crippen molar-refractivity contribution in [2.75, 3.05) is 29.2 Å². The molecule has 37 heavy (non-hydrogen) atoms. The van der Waals surface area contributed by atoms with Gasteiger partial charge in [-0.2, -0.15) is 0 Å². The zero-order valence-corrected chi connectivity index (χ0v) is 22.4. The maximum absolute atomic E-state index is 12.6. The number of methoxy groups -OCH3 is 1. The molecule has 1 amide bonds. The number of benzene rings is 3. The first-order valence-electron chi connectivity index (χ1n) is 13.0. The van der Waals surface area contributed by atoms with Gasteiger partial charge in [0.2, 0.25) is 5.91 Å². The lowest BCUT2D eigenvalue weighted by Crippen LogP contribution is -2.43. The number of anilines is 3. The van der Waals surface area contributed by atoms with Gasteiger partial charge >= 0.3 is 5.97 Å². The molecule has 6 nitrogen and oxygen atoms in total. The molecule has 0 aliphatic carbocycles. The third-order valence-electron chi connectivity index (χ3n) is 6.91. The number of rotatable bonds is 8. The first-order valence-corrected chi connectivity index (χ1v) is 13.0. The number of hydrogen-bond donors (Lipinski definition) is 2. The fourth-order valence-corrected chi connectivity index (χ4v) is 5.00. The number of carbonyl (C=O) groups is 2. The number of nitrogens with one attached hydrogen (secondary N) is 2. The molecule has 3 aromatic rings. The summed E-state index contributed by atoms with van der Waals surface area (Å²) in [5.74, 6) is 0.341. The van der Waals surface area contributed by atoms with Crippen LogP contribution >= 0.6 is 0 Å². The number of amides is 1. The quantitative estimate of drug-likeness (QED) is 0.330. The summed E-state index contributed by atoms with van der Waals surface area (Å²) >= 11 is 0. The van der Waals surface area contributed by atoms with E-state index < -0.39 is 0 Å². The Morgan fingerprint density at radius 3 is 2.41 bits per heavy atom. The molecule has 4 rings (SSSR count). The molecule has 2 atom stereocenters. The van der Waals surface area contributed by atoms with Crippen molar-refractivity contribution in [1.82, 2.24) is 0 Å². The highest BCUT2D eigenvalue weighted by molar-refractivity contribution is 5.94. The lowest BCUT2D eigenvalue weighted by atomic mass is 9.88. The Bertz CT molecular complexity index is 1250. The molecule has 194 valence electrons. The average molecular weight is 500 g/mol. The molecule has 0 unspecified atom stereocenters. The van der Waals surface area contributed by atoms with Crippen molar-refractivity contribution in [3.8, 4) is 11.1 Å². The van der Waals surface area contributed by atoms with Crippen LogP contribution in [0.15, 0.2) is 66.7 Å². The van der Waals surface area contributed by atoms with Crippen LogP contribution in [0.3, 0.4) is 0 Å². The molecule has 0 spiro atoms. The van der Waals surface area contributed by atoms with Crippen LogP contribution in [0.2, 0.25) is 0 Å². The van der Waals surface area contributed by atoms with Gasteiger partial charge in [-0.1, -0.05) is 32.0 Å². The smallest absolute Gasteiger partial charge is 0.337 e. The van der Waals surface area contributed by atoms with Gasteiger partial charge in [-0.15, -0.1) is 0 Å². The monoisotopic (exact) mass is 499 g/mol. The lowest BCUT2D eigenvalue weighted by Gasteiger charge is -2.39. The Morgan fingerprint density at radius 2 is 1.73 bits per heavy atom. The molecule has 3 aromatic carbocycles. The van der Waals surface area contributed by atoms with Crippen LogP contribution in [0.25, 0.3) is 11.1 Å². The van der Waals surface area contributed by atoms with Gasteiger partial charge < -0.3 is 20.3 Å². The highest BCUT2D eigenvalue weighted by Crippen LogP contribution is 2.41. The van der Waals surface area contributed by atoms with Crippen LogP contribution in [0, 0.1) is 5.92 Å². The van der Waals surface area contributed by atoms with Crippen LogP contribution in [0.5, 0.6) is 0 Å². The molecule has 1 aliphatic heterocycles. The topological polar surface area (TPSA) is 70.7 Å². The van der Waals surface area contributed by atoms with E-state index in [1.807, 2.05) is 17.0 Å². The van der Waals surface area contributed by atoms with Crippen molar-refractivity contribution in [3.63, 3.8) is 0 Å². The Morgan fingerprint density at radius 1 is 1.00 bits per heavy atom. The maximum Gasteiger partial charge on any atom is 0.337 e. The molecule has 1 heterocycles. The number of hydrogen-bond acceptors (Lipinski definition) is 5. The number of carbonyl (C=O) groups excluding carboxylic acids is 2. The zero-order chi connectivity index (χ0) is 26.5. The molecule has 0 aromatic heterocycles. The molecular weight excluding hydrogens is 462 g/mol. The zero-order valence-electron chi connectivity index (χ0n) is 22.4. The second kappa shape index (κ2) is 11.5. The van der Waals surface area contributed by atoms with E-state index in [0.29, 0.717) is 11.5 Å². The summed E-state index contributed by atoms with van der Waals surface area (Å²) in [4.78, 5) is 26.3. The summed E-state index contributed by atoms with van der Waals surface area (Å²) in [6, 6.07) is 22.2. The summed E-state index contributed by atoms with van der Waals surface area (Å²) in [5.41, 5.74) is 6.79. The fourth-order valence-electron chi connectivity index (χ4n) is 5.00. The second-order valence-electron chi connectivity index (χ2n) is 10.2. The molecular formula is C31H37N3O3. The molecule has 0 saturated carbocycles. The summed E-state index contributed by atoms with van der Waals surface area (Å²) in [5, 5.41) is 7.17. The normalized spacial score (nSPS) is 16.8. The van der Waals surface area contributed by atoms with Gasteiger partial charge in [-0.3, -0.25) is 4.79 Å². The van der Waals surface area contributed by atoms with Gasteiger partial charge in [0.15, 0.2) is 0 Å². The first kappa shape index (κ1) is 26.3. The minimum Gasteiger partial charge on any atom is -0.465 e. The van der Waals surface area contributed by atoms with Crippen molar-refractivity contribution in [2.45, 2.75) is 52.6 Å². The summed E-state index contributed by atoms with van der Waals surface area (Å²) < 4.78 is 4.82. The van der Waals surface area contributed by atoms with Gasteiger partial charge in [-0.05, 0) is 90.9 Å². The van der Waals surface area contributed by atoms with Crippen LogP contribution in [-0.4, -0.2) is 31.6 Å². The van der Waals surface area contributed by atoms with Gasteiger partial charge in [0, 0.05) is 36.6 Å². The van der Waals surface area contributed by atoms with Gasteiger partial charge in [0.1, 0.15) is 0 Å². The third-order valence-corrected chi connectivity index (χ3v) is 6.91. The van der Waals surface area contributed by atoms with Crippen molar-refractivity contribution in [3.05, 3.63) is 77.9 Å². The first-order chi connectivity index (χ1) is 17.8. The molecule has 0 bridgehead atoms. The maximum atomic E-state index is 12.6. The SMILES string of the molecule is COC(=O)c1ccc(N[C@@H]2C[C@H](C)N(C(C)=O)c3ccc(-c4cccc(NCCC(C)C)c4)cc32)cc1. The second-order valence-corrected chi connectivity index (χ2v) is 10.2.